The minimum atomic E-state index is -1.83. The summed E-state index contributed by atoms with van der Waals surface area (Å²) in [6.45, 7) is 2.18. The largest absolute Gasteiger partial charge is 0.494 e. The maximum Gasteiger partial charge on any atom is 0.433 e. The Labute approximate surface area is 239 Å². The summed E-state index contributed by atoms with van der Waals surface area (Å²) in [7, 11) is 0. The third kappa shape index (κ3) is 4.40. The Morgan fingerprint density at radius 2 is 1.88 bits per heavy atom. The first-order valence-corrected chi connectivity index (χ1v) is 13.6. The molecular formula is C30H28N4O8. The van der Waals surface area contributed by atoms with Gasteiger partial charge in [-0.1, -0.05) is 37.3 Å². The Bertz CT molecular complexity index is 1690. The molecular weight excluding hydrogens is 544 g/mol. The highest BCUT2D eigenvalue weighted by Gasteiger charge is 2.68. The van der Waals surface area contributed by atoms with E-state index in [4.69, 9.17) is 9.15 Å². The van der Waals surface area contributed by atoms with Gasteiger partial charge in [0.15, 0.2) is 0 Å². The number of furan rings is 1. The predicted octanol–water partition coefficient (Wildman–Crippen LogP) is 3.97. The van der Waals surface area contributed by atoms with Gasteiger partial charge in [0.2, 0.25) is 11.8 Å². The molecule has 0 radical (unpaired) electrons. The van der Waals surface area contributed by atoms with Gasteiger partial charge in [0.1, 0.15) is 22.0 Å². The molecule has 12 heteroatoms. The van der Waals surface area contributed by atoms with Crippen LogP contribution in [0.1, 0.15) is 36.3 Å². The van der Waals surface area contributed by atoms with Gasteiger partial charge in [0, 0.05) is 29.6 Å². The van der Waals surface area contributed by atoms with Gasteiger partial charge in [-0.25, -0.2) is 0 Å². The van der Waals surface area contributed by atoms with Gasteiger partial charge < -0.3 is 19.2 Å². The third-order valence-corrected chi connectivity index (χ3v) is 8.12. The average molecular weight is 573 g/mol. The number of para-hydroxylation sites is 1. The zero-order valence-corrected chi connectivity index (χ0v) is 22.6. The van der Waals surface area contributed by atoms with Crippen molar-refractivity contribution in [1.82, 2.24) is 15.2 Å². The lowest BCUT2D eigenvalue weighted by Crippen LogP contribution is -2.57. The molecule has 0 spiro atoms. The number of imide groups is 1. The number of carbonyl (C=O) groups is 3. The molecule has 4 aromatic rings. The fourth-order valence-electron chi connectivity index (χ4n) is 6.21. The Morgan fingerprint density at radius 1 is 1.12 bits per heavy atom. The van der Waals surface area contributed by atoms with Crippen LogP contribution in [0.25, 0.3) is 10.9 Å². The summed E-state index contributed by atoms with van der Waals surface area (Å²) in [5.41, 5.74) is 0.307. The lowest BCUT2D eigenvalue weighted by Gasteiger charge is -2.31. The van der Waals surface area contributed by atoms with Crippen molar-refractivity contribution in [3.8, 4) is 5.75 Å². The molecule has 3 N–H and O–H groups in total. The number of H-pyrrole nitrogens is 1. The molecule has 6 rings (SSSR count). The van der Waals surface area contributed by atoms with Crippen molar-refractivity contribution in [1.29, 1.82) is 0 Å². The number of ether oxygens (including phenoxy) is 1. The second-order valence-electron chi connectivity index (χ2n) is 10.6. The van der Waals surface area contributed by atoms with Crippen LogP contribution in [0.2, 0.25) is 0 Å². The summed E-state index contributed by atoms with van der Waals surface area (Å²) in [6, 6.07) is 16.1. The van der Waals surface area contributed by atoms with E-state index in [-0.39, 0.29) is 18.7 Å². The smallest absolute Gasteiger partial charge is 0.433 e. The molecule has 2 amide bonds. The molecule has 0 saturated carbocycles. The van der Waals surface area contributed by atoms with Crippen LogP contribution in [-0.4, -0.2) is 49.8 Å². The van der Waals surface area contributed by atoms with Crippen molar-refractivity contribution in [3.05, 3.63) is 93.9 Å². The van der Waals surface area contributed by atoms with Crippen LogP contribution >= 0.6 is 0 Å². The van der Waals surface area contributed by atoms with Crippen LogP contribution in [0, 0.1) is 22.0 Å². The molecule has 42 heavy (non-hydrogen) atoms. The van der Waals surface area contributed by atoms with E-state index in [1.54, 1.807) is 30.5 Å². The number of benzene rings is 2. The van der Waals surface area contributed by atoms with Gasteiger partial charge in [0.25, 0.3) is 0 Å². The number of amides is 2. The van der Waals surface area contributed by atoms with E-state index < -0.39 is 52.0 Å². The maximum atomic E-state index is 14.0. The average Bonchev–Trinajstić information content (AvgIpc) is 3.75. The number of nitrogens with one attached hydrogen (secondary N) is 2. The minimum absolute atomic E-state index is 0.0443. The number of aliphatic carboxylic acids is 1. The number of aromatic nitrogens is 1. The first-order chi connectivity index (χ1) is 20.2. The van der Waals surface area contributed by atoms with Gasteiger partial charge in [-0.2, -0.15) is 0 Å². The first kappa shape index (κ1) is 27.2. The standard InChI is InChI=1S/C30H28N4O8/c1-2-13-41-19-9-7-17(8-10-19)26-24-25(28(36)33(27(24)35)16-20-11-12-23(42-20)34(39)40)30(32-26,29(37)38)14-18-15-31-22-6-4-3-5-21(18)22/h3-12,15,24-26,31-32H,2,13-14,16H2,1H3,(H,37,38). The molecule has 216 valence electrons. The Hall–Kier alpha value is -4.97. The van der Waals surface area contributed by atoms with Crippen LogP contribution in [0.15, 0.2) is 71.3 Å². The van der Waals surface area contributed by atoms with Gasteiger partial charge in [0.05, 0.1) is 31.1 Å². The van der Waals surface area contributed by atoms with Crippen LogP contribution in [0.3, 0.4) is 0 Å². The molecule has 4 heterocycles. The molecule has 4 unspecified atom stereocenters. The predicted molar refractivity (Wildman–Crippen MR) is 148 cm³/mol. The minimum Gasteiger partial charge on any atom is -0.494 e. The number of nitrogens with zero attached hydrogens (tertiary/aromatic N) is 2. The number of aromatic amines is 1. The van der Waals surface area contributed by atoms with Gasteiger partial charge >= 0.3 is 11.9 Å². The maximum absolute atomic E-state index is 14.0. The molecule has 2 aromatic carbocycles. The van der Waals surface area contributed by atoms with Crippen LogP contribution in [0.5, 0.6) is 5.75 Å². The van der Waals surface area contributed by atoms with Crippen molar-refractivity contribution in [2.75, 3.05) is 6.61 Å². The summed E-state index contributed by atoms with van der Waals surface area (Å²) < 4.78 is 10.9. The van der Waals surface area contributed by atoms with Crippen LogP contribution in [0.4, 0.5) is 5.88 Å². The highest BCUT2D eigenvalue weighted by molar-refractivity contribution is 6.09. The first-order valence-electron chi connectivity index (χ1n) is 13.6. The van der Waals surface area contributed by atoms with E-state index in [2.05, 4.69) is 10.3 Å². The number of hydrogen-bond donors (Lipinski definition) is 3. The fourth-order valence-corrected chi connectivity index (χ4v) is 6.21. The number of carboxylic acid groups (broad SMARTS) is 1. The fraction of sp³-hybridized carbons (Fsp3) is 0.300. The number of carbonyl (C=O) groups excluding carboxylic acids is 2. The lowest BCUT2D eigenvalue weighted by molar-refractivity contribution is -0.402. The van der Waals surface area contributed by atoms with E-state index >= 15 is 0 Å². The summed E-state index contributed by atoms with van der Waals surface area (Å²) in [6.07, 6.45) is 2.48. The SMILES string of the molecule is CCCOc1ccc(C2NC(Cc3c[nH]c4ccccc34)(C(=O)O)C3C(=O)N(Cc4ccc([N+](=O)[O-])o4)C(=O)C23)cc1. The highest BCUT2D eigenvalue weighted by atomic mass is 16.6. The molecule has 4 atom stereocenters. The Morgan fingerprint density at radius 3 is 2.57 bits per heavy atom. The van der Waals surface area contributed by atoms with Gasteiger partial charge in [-0.05, 0) is 41.8 Å². The Kier molecular flexibility index (Phi) is 6.77. The summed E-state index contributed by atoms with van der Waals surface area (Å²) in [4.78, 5) is 55.6. The number of hydrogen-bond acceptors (Lipinski definition) is 8. The topological polar surface area (TPSA) is 168 Å². The second kappa shape index (κ2) is 10.5. The third-order valence-electron chi connectivity index (χ3n) is 8.12. The van der Waals surface area contributed by atoms with E-state index in [0.717, 1.165) is 28.3 Å². The Balaban J connectivity index is 1.41. The summed E-state index contributed by atoms with van der Waals surface area (Å²) >= 11 is 0. The summed E-state index contributed by atoms with van der Waals surface area (Å²) in [5, 5.41) is 25.9. The van der Waals surface area contributed by atoms with E-state index in [1.165, 1.54) is 6.07 Å². The quantitative estimate of drug-likeness (QED) is 0.145. The normalized spacial score (nSPS) is 23.5. The van der Waals surface area contributed by atoms with Crippen molar-refractivity contribution >= 4 is 34.6 Å². The van der Waals surface area contributed by atoms with E-state index in [1.807, 2.05) is 31.2 Å². The number of rotatable bonds is 10. The van der Waals surface area contributed by atoms with Gasteiger partial charge in [-0.15, -0.1) is 0 Å². The summed E-state index contributed by atoms with van der Waals surface area (Å²) in [5.74, 6) is -4.64. The van der Waals surface area contributed by atoms with Crippen LogP contribution < -0.4 is 10.1 Å². The van der Waals surface area contributed by atoms with E-state index in [9.17, 15) is 29.6 Å². The number of fused-ring (bicyclic) bond motifs is 2. The molecule has 2 aliphatic heterocycles. The van der Waals surface area contributed by atoms with Crippen molar-refractivity contribution in [2.24, 2.45) is 11.8 Å². The molecule has 2 aliphatic rings. The van der Waals surface area contributed by atoms with Crippen molar-refractivity contribution < 1.29 is 33.6 Å². The number of carboxylic acids is 1. The van der Waals surface area contributed by atoms with Crippen molar-refractivity contribution in [2.45, 2.75) is 37.9 Å². The lowest BCUT2D eigenvalue weighted by atomic mass is 9.76. The number of nitro groups is 1. The monoisotopic (exact) mass is 572 g/mol. The molecule has 2 aromatic heterocycles. The van der Waals surface area contributed by atoms with Crippen LogP contribution in [-0.2, 0) is 27.3 Å². The molecule has 0 bridgehead atoms. The van der Waals surface area contributed by atoms with Gasteiger partial charge in [-0.3, -0.25) is 34.7 Å². The zero-order chi connectivity index (χ0) is 29.6. The molecule has 2 fully saturated rings. The molecule has 0 aliphatic carbocycles. The van der Waals surface area contributed by atoms with E-state index in [0.29, 0.717) is 23.5 Å². The number of likely N-dealkylation sites (tertiary alicyclic amines) is 1. The highest BCUT2D eigenvalue weighted by Crippen LogP contribution is 2.51. The second-order valence-corrected chi connectivity index (χ2v) is 10.6. The molecule has 12 nitrogen and oxygen atoms in total. The van der Waals surface area contributed by atoms with Crippen molar-refractivity contribution in [3.63, 3.8) is 0 Å². The molecule has 2 saturated heterocycles. The zero-order valence-electron chi connectivity index (χ0n) is 22.6.